The summed E-state index contributed by atoms with van der Waals surface area (Å²) in [5.74, 6) is -1.21. The van der Waals surface area contributed by atoms with Gasteiger partial charge in [0.15, 0.2) is 0 Å². The number of aliphatic hydroxyl groups excluding tert-OH is 2. The SMILES string of the molecule is C=C(CC(CC(=O)NCO)C(=O)NCCO)CC(C)(C)C. The molecule has 0 bridgehead atoms. The quantitative estimate of drug-likeness (QED) is 0.369. The van der Waals surface area contributed by atoms with Crippen LogP contribution in [-0.2, 0) is 9.59 Å². The summed E-state index contributed by atoms with van der Waals surface area (Å²) in [6, 6.07) is 0. The van der Waals surface area contributed by atoms with E-state index in [4.69, 9.17) is 10.2 Å². The van der Waals surface area contributed by atoms with Crippen LogP contribution in [0.5, 0.6) is 0 Å². The molecule has 21 heavy (non-hydrogen) atoms. The Labute approximate surface area is 126 Å². The van der Waals surface area contributed by atoms with E-state index in [2.05, 4.69) is 38.0 Å². The Morgan fingerprint density at radius 3 is 2.24 bits per heavy atom. The zero-order valence-electron chi connectivity index (χ0n) is 13.2. The van der Waals surface area contributed by atoms with Crippen molar-refractivity contribution in [1.29, 1.82) is 0 Å². The van der Waals surface area contributed by atoms with Gasteiger partial charge in [-0.2, -0.15) is 0 Å². The Morgan fingerprint density at radius 2 is 1.76 bits per heavy atom. The average molecular weight is 300 g/mol. The van der Waals surface area contributed by atoms with Crippen LogP contribution in [0.1, 0.15) is 40.0 Å². The first-order chi connectivity index (χ1) is 9.69. The monoisotopic (exact) mass is 300 g/mol. The molecule has 0 aromatic heterocycles. The average Bonchev–Trinajstić information content (AvgIpc) is 2.33. The van der Waals surface area contributed by atoms with Crippen LogP contribution in [-0.4, -0.2) is 41.9 Å². The molecule has 0 radical (unpaired) electrons. The highest BCUT2D eigenvalue weighted by Gasteiger charge is 2.24. The van der Waals surface area contributed by atoms with Gasteiger partial charge < -0.3 is 20.8 Å². The van der Waals surface area contributed by atoms with E-state index in [0.29, 0.717) is 6.42 Å². The maximum atomic E-state index is 12.0. The minimum atomic E-state index is -0.544. The summed E-state index contributed by atoms with van der Waals surface area (Å²) in [4.78, 5) is 23.6. The molecule has 6 nitrogen and oxygen atoms in total. The number of allylic oxidation sites excluding steroid dienone is 1. The Hall–Kier alpha value is -1.40. The van der Waals surface area contributed by atoms with E-state index in [1.807, 2.05) is 0 Å². The van der Waals surface area contributed by atoms with Gasteiger partial charge in [-0.1, -0.05) is 32.9 Å². The van der Waals surface area contributed by atoms with Crippen molar-refractivity contribution in [1.82, 2.24) is 10.6 Å². The molecule has 1 unspecified atom stereocenters. The third-order valence-corrected chi connectivity index (χ3v) is 2.81. The molecule has 0 aromatic rings. The zero-order chi connectivity index (χ0) is 16.5. The van der Waals surface area contributed by atoms with Crippen LogP contribution in [0.15, 0.2) is 12.2 Å². The molecule has 0 aromatic carbocycles. The van der Waals surface area contributed by atoms with Crippen LogP contribution in [0.3, 0.4) is 0 Å². The second-order valence-electron chi connectivity index (χ2n) is 6.37. The topological polar surface area (TPSA) is 98.7 Å². The molecule has 2 amide bonds. The summed E-state index contributed by atoms with van der Waals surface area (Å²) < 4.78 is 0. The molecule has 0 aliphatic rings. The van der Waals surface area contributed by atoms with Crippen LogP contribution in [0.2, 0.25) is 0 Å². The number of amides is 2. The van der Waals surface area contributed by atoms with Gasteiger partial charge in [0.2, 0.25) is 11.8 Å². The number of hydrogen-bond acceptors (Lipinski definition) is 4. The van der Waals surface area contributed by atoms with E-state index in [0.717, 1.165) is 12.0 Å². The molecule has 0 saturated heterocycles. The summed E-state index contributed by atoms with van der Waals surface area (Å²) in [6.07, 6.45) is 1.16. The van der Waals surface area contributed by atoms with E-state index in [1.54, 1.807) is 0 Å². The lowest BCUT2D eigenvalue weighted by molar-refractivity contribution is -0.130. The Kier molecular flexibility index (Phi) is 8.89. The van der Waals surface area contributed by atoms with Crippen LogP contribution in [0, 0.1) is 11.3 Å². The molecule has 0 heterocycles. The lowest BCUT2D eigenvalue weighted by Crippen LogP contribution is -2.36. The molecule has 1 atom stereocenters. The predicted octanol–water partition coefficient (Wildman–Crippen LogP) is 0.550. The van der Waals surface area contributed by atoms with Crippen molar-refractivity contribution in [2.45, 2.75) is 40.0 Å². The standard InChI is InChI=1S/C15H28N2O4/c1-11(9-15(2,3)4)7-12(8-13(20)17-10-19)14(21)16-5-6-18/h12,18-19H,1,5-10H2,2-4H3,(H,16,21)(H,17,20). The van der Waals surface area contributed by atoms with E-state index in [-0.39, 0.29) is 36.8 Å². The lowest BCUT2D eigenvalue weighted by Gasteiger charge is -2.23. The summed E-state index contributed by atoms with van der Waals surface area (Å²) in [6.45, 7) is 9.78. The maximum Gasteiger partial charge on any atom is 0.224 e. The van der Waals surface area contributed by atoms with Crippen LogP contribution in [0.25, 0.3) is 0 Å². The minimum Gasteiger partial charge on any atom is -0.395 e. The van der Waals surface area contributed by atoms with Crippen molar-refractivity contribution in [2.24, 2.45) is 11.3 Å². The Morgan fingerprint density at radius 1 is 1.14 bits per heavy atom. The molecule has 0 spiro atoms. The van der Waals surface area contributed by atoms with E-state index >= 15 is 0 Å². The molecule has 0 aliphatic heterocycles. The van der Waals surface area contributed by atoms with Gasteiger partial charge in [-0.3, -0.25) is 9.59 Å². The van der Waals surface area contributed by atoms with Crippen LogP contribution >= 0.6 is 0 Å². The van der Waals surface area contributed by atoms with Gasteiger partial charge in [0.1, 0.15) is 6.73 Å². The Bertz CT molecular complexity index is 361. The second kappa shape index (κ2) is 9.52. The van der Waals surface area contributed by atoms with Gasteiger partial charge in [0, 0.05) is 13.0 Å². The van der Waals surface area contributed by atoms with E-state index < -0.39 is 12.6 Å². The summed E-state index contributed by atoms with van der Waals surface area (Å²) in [5.41, 5.74) is 0.972. The van der Waals surface area contributed by atoms with Crippen LogP contribution in [0.4, 0.5) is 0 Å². The van der Waals surface area contributed by atoms with Gasteiger partial charge in [0.05, 0.1) is 12.5 Å². The fourth-order valence-electron chi connectivity index (χ4n) is 2.14. The van der Waals surface area contributed by atoms with Crippen molar-refractivity contribution in [3.63, 3.8) is 0 Å². The largest absolute Gasteiger partial charge is 0.395 e. The normalized spacial score (nSPS) is 12.6. The first-order valence-electron chi connectivity index (χ1n) is 7.12. The van der Waals surface area contributed by atoms with Crippen molar-refractivity contribution >= 4 is 11.8 Å². The Balaban J connectivity index is 4.67. The van der Waals surface area contributed by atoms with Gasteiger partial charge >= 0.3 is 0 Å². The summed E-state index contributed by atoms with van der Waals surface area (Å²) in [5, 5.41) is 22.3. The predicted molar refractivity (Wildman–Crippen MR) is 81.3 cm³/mol. The van der Waals surface area contributed by atoms with Gasteiger partial charge in [-0.25, -0.2) is 0 Å². The van der Waals surface area contributed by atoms with Gasteiger partial charge in [-0.15, -0.1) is 0 Å². The highest BCUT2D eigenvalue weighted by molar-refractivity contribution is 5.85. The number of hydrogen-bond donors (Lipinski definition) is 4. The van der Waals surface area contributed by atoms with Crippen molar-refractivity contribution in [3.8, 4) is 0 Å². The van der Waals surface area contributed by atoms with Gasteiger partial charge in [0.25, 0.3) is 0 Å². The first-order valence-corrected chi connectivity index (χ1v) is 7.12. The second-order valence-corrected chi connectivity index (χ2v) is 6.37. The molecular weight excluding hydrogens is 272 g/mol. The van der Waals surface area contributed by atoms with E-state index in [9.17, 15) is 9.59 Å². The molecule has 0 saturated carbocycles. The highest BCUT2D eigenvalue weighted by atomic mass is 16.3. The number of carbonyl (C=O) groups excluding carboxylic acids is 2. The third kappa shape index (κ3) is 10.0. The smallest absolute Gasteiger partial charge is 0.224 e. The minimum absolute atomic E-state index is 0.0129. The van der Waals surface area contributed by atoms with Crippen molar-refractivity contribution in [3.05, 3.63) is 12.2 Å². The zero-order valence-corrected chi connectivity index (χ0v) is 13.2. The fraction of sp³-hybridized carbons (Fsp3) is 0.733. The highest BCUT2D eigenvalue weighted by Crippen LogP contribution is 2.27. The number of aliphatic hydroxyl groups is 2. The molecule has 6 heteroatoms. The molecule has 0 aliphatic carbocycles. The number of rotatable bonds is 9. The molecular formula is C15H28N2O4. The fourth-order valence-corrected chi connectivity index (χ4v) is 2.14. The molecule has 122 valence electrons. The summed E-state index contributed by atoms with van der Waals surface area (Å²) >= 11 is 0. The van der Waals surface area contributed by atoms with Gasteiger partial charge in [-0.05, 0) is 18.3 Å². The van der Waals surface area contributed by atoms with Crippen LogP contribution < -0.4 is 10.6 Å². The van der Waals surface area contributed by atoms with Crippen molar-refractivity contribution in [2.75, 3.05) is 19.9 Å². The van der Waals surface area contributed by atoms with Crippen molar-refractivity contribution < 1.29 is 19.8 Å². The molecule has 4 N–H and O–H groups in total. The third-order valence-electron chi connectivity index (χ3n) is 2.81. The number of carbonyl (C=O) groups is 2. The lowest BCUT2D eigenvalue weighted by atomic mass is 9.84. The number of nitrogens with one attached hydrogen (secondary N) is 2. The summed E-state index contributed by atoms with van der Waals surface area (Å²) in [7, 11) is 0. The maximum absolute atomic E-state index is 12.0. The first kappa shape index (κ1) is 19.6. The molecule has 0 rings (SSSR count). The van der Waals surface area contributed by atoms with E-state index in [1.165, 1.54) is 0 Å². The molecule has 0 fully saturated rings.